The van der Waals surface area contributed by atoms with Gasteiger partial charge in [0.1, 0.15) is 0 Å². The number of benzene rings is 1. The first kappa shape index (κ1) is 16.5. The molecule has 5 heteroatoms. The maximum absolute atomic E-state index is 11.9. The zero-order valence-corrected chi connectivity index (χ0v) is 13.0. The SMILES string of the molecule is NC(=O)C1CCN(CC(=O)NCCCc2ccccc2)CC1. The first-order chi connectivity index (χ1) is 10.6. The van der Waals surface area contributed by atoms with Gasteiger partial charge >= 0.3 is 0 Å². The summed E-state index contributed by atoms with van der Waals surface area (Å²) in [6, 6.07) is 10.3. The molecule has 2 amide bonds. The lowest BCUT2D eigenvalue weighted by Crippen LogP contribution is -2.43. The number of aryl methyl sites for hydroxylation is 1. The molecule has 1 saturated heterocycles. The van der Waals surface area contributed by atoms with Crippen LogP contribution in [0.2, 0.25) is 0 Å². The highest BCUT2D eigenvalue weighted by atomic mass is 16.2. The van der Waals surface area contributed by atoms with Crippen LogP contribution in [0.1, 0.15) is 24.8 Å². The molecule has 1 aliphatic rings. The van der Waals surface area contributed by atoms with Crippen LogP contribution in [0.25, 0.3) is 0 Å². The van der Waals surface area contributed by atoms with Crippen molar-refractivity contribution in [1.29, 1.82) is 0 Å². The highest BCUT2D eigenvalue weighted by Gasteiger charge is 2.23. The van der Waals surface area contributed by atoms with E-state index in [2.05, 4.69) is 22.3 Å². The molecule has 0 aromatic heterocycles. The van der Waals surface area contributed by atoms with Gasteiger partial charge in [0.05, 0.1) is 6.54 Å². The number of carbonyl (C=O) groups is 2. The summed E-state index contributed by atoms with van der Waals surface area (Å²) in [5.41, 5.74) is 6.60. The van der Waals surface area contributed by atoms with Gasteiger partial charge in [-0.05, 0) is 44.3 Å². The van der Waals surface area contributed by atoms with Crippen molar-refractivity contribution in [2.24, 2.45) is 11.7 Å². The Morgan fingerprint density at radius 1 is 1.18 bits per heavy atom. The smallest absolute Gasteiger partial charge is 0.234 e. The Balaban J connectivity index is 1.57. The molecular weight excluding hydrogens is 278 g/mol. The average Bonchev–Trinajstić information content (AvgIpc) is 2.53. The van der Waals surface area contributed by atoms with E-state index >= 15 is 0 Å². The van der Waals surface area contributed by atoms with Gasteiger partial charge in [0.2, 0.25) is 11.8 Å². The third-order valence-corrected chi connectivity index (χ3v) is 4.16. The number of rotatable bonds is 7. The van der Waals surface area contributed by atoms with E-state index in [4.69, 9.17) is 5.73 Å². The number of piperidine rings is 1. The summed E-state index contributed by atoms with van der Waals surface area (Å²) in [6.45, 7) is 2.65. The normalized spacial score (nSPS) is 16.4. The van der Waals surface area contributed by atoms with Crippen molar-refractivity contribution >= 4 is 11.8 Å². The molecule has 1 fully saturated rings. The average molecular weight is 303 g/mol. The molecule has 1 heterocycles. The maximum Gasteiger partial charge on any atom is 0.234 e. The molecule has 3 N–H and O–H groups in total. The molecule has 0 radical (unpaired) electrons. The number of nitrogens with one attached hydrogen (secondary N) is 1. The van der Waals surface area contributed by atoms with Gasteiger partial charge in [-0.25, -0.2) is 0 Å². The number of likely N-dealkylation sites (tertiary alicyclic amines) is 1. The molecule has 120 valence electrons. The predicted octanol–water partition coefficient (Wildman–Crippen LogP) is 0.933. The lowest BCUT2D eigenvalue weighted by molar-refractivity contribution is -0.124. The van der Waals surface area contributed by atoms with Crippen LogP contribution in [0.15, 0.2) is 30.3 Å². The maximum atomic E-state index is 11.9. The first-order valence-electron chi connectivity index (χ1n) is 7.97. The summed E-state index contributed by atoms with van der Waals surface area (Å²) in [7, 11) is 0. The summed E-state index contributed by atoms with van der Waals surface area (Å²) in [4.78, 5) is 25.1. The third-order valence-electron chi connectivity index (χ3n) is 4.16. The van der Waals surface area contributed by atoms with E-state index in [1.54, 1.807) is 0 Å². The van der Waals surface area contributed by atoms with E-state index in [1.807, 2.05) is 18.2 Å². The van der Waals surface area contributed by atoms with Gasteiger partial charge in [-0.15, -0.1) is 0 Å². The topological polar surface area (TPSA) is 75.4 Å². The minimum atomic E-state index is -0.218. The van der Waals surface area contributed by atoms with Crippen LogP contribution in [0, 0.1) is 5.92 Å². The van der Waals surface area contributed by atoms with E-state index < -0.39 is 0 Å². The predicted molar refractivity (Wildman–Crippen MR) is 86.1 cm³/mol. The Labute approximate surface area is 131 Å². The van der Waals surface area contributed by atoms with Crippen molar-refractivity contribution in [3.8, 4) is 0 Å². The molecule has 0 atom stereocenters. The number of nitrogens with two attached hydrogens (primary N) is 1. The van der Waals surface area contributed by atoms with Crippen LogP contribution in [0.4, 0.5) is 0 Å². The van der Waals surface area contributed by atoms with Crippen LogP contribution < -0.4 is 11.1 Å². The standard InChI is InChI=1S/C17H25N3O2/c18-17(22)15-8-11-20(12-9-15)13-16(21)19-10-4-7-14-5-2-1-3-6-14/h1-3,5-6,15H,4,7-13H2,(H2,18,22)(H,19,21). The third kappa shape index (κ3) is 5.48. The summed E-state index contributed by atoms with van der Waals surface area (Å²) in [6.07, 6.45) is 3.44. The van der Waals surface area contributed by atoms with Crippen molar-refractivity contribution in [3.63, 3.8) is 0 Å². The molecule has 1 aromatic carbocycles. The molecule has 0 unspecified atom stereocenters. The second kappa shape index (κ2) is 8.54. The molecular formula is C17H25N3O2. The number of hydrogen-bond donors (Lipinski definition) is 2. The van der Waals surface area contributed by atoms with Crippen LogP contribution in [-0.2, 0) is 16.0 Å². The van der Waals surface area contributed by atoms with E-state index in [0.29, 0.717) is 13.1 Å². The zero-order chi connectivity index (χ0) is 15.8. The number of hydrogen-bond acceptors (Lipinski definition) is 3. The monoisotopic (exact) mass is 303 g/mol. The lowest BCUT2D eigenvalue weighted by Gasteiger charge is -2.29. The van der Waals surface area contributed by atoms with Crippen molar-refractivity contribution in [3.05, 3.63) is 35.9 Å². The second-order valence-corrected chi connectivity index (χ2v) is 5.89. The van der Waals surface area contributed by atoms with Crippen LogP contribution in [0.5, 0.6) is 0 Å². The Morgan fingerprint density at radius 3 is 2.50 bits per heavy atom. The van der Waals surface area contributed by atoms with E-state index in [9.17, 15) is 9.59 Å². The second-order valence-electron chi connectivity index (χ2n) is 5.89. The number of amides is 2. The molecule has 0 bridgehead atoms. The largest absolute Gasteiger partial charge is 0.369 e. The summed E-state index contributed by atoms with van der Waals surface area (Å²) >= 11 is 0. The Hall–Kier alpha value is -1.88. The lowest BCUT2D eigenvalue weighted by atomic mass is 9.96. The van der Waals surface area contributed by atoms with Gasteiger partial charge in [-0.2, -0.15) is 0 Å². The van der Waals surface area contributed by atoms with Crippen molar-refractivity contribution in [2.45, 2.75) is 25.7 Å². The van der Waals surface area contributed by atoms with Crippen molar-refractivity contribution in [1.82, 2.24) is 10.2 Å². The van der Waals surface area contributed by atoms with E-state index in [-0.39, 0.29) is 17.7 Å². The molecule has 1 aromatic rings. The van der Waals surface area contributed by atoms with Crippen LogP contribution in [0.3, 0.4) is 0 Å². The fourth-order valence-corrected chi connectivity index (χ4v) is 2.80. The van der Waals surface area contributed by atoms with Gasteiger partial charge < -0.3 is 11.1 Å². The zero-order valence-electron chi connectivity index (χ0n) is 13.0. The summed E-state index contributed by atoms with van der Waals surface area (Å²) in [5.74, 6) is -0.180. The van der Waals surface area contributed by atoms with Gasteiger partial charge in [0, 0.05) is 12.5 Å². The van der Waals surface area contributed by atoms with Crippen LogP contribution >= 0.6 is 0 Å². The number of nitrogens with zero attached hydrogens (tertiary/aromatic N) is 1. The first-order valence-corrected chi connectivity index (χ1v) is 7.97. The fraction of sp³-hybridized carbons (Fsp3) is 0.529. The molecule has 22 heavy (non-hydrogen) atoms. The minimum Gasteiger partial charge on any atom is -0.369 e. The van der Waals surface area contributed by atoms with Crippen molar-refractivity contribution < 1.29 is 9.59 Å². The van der Waals surface area contributed by atoms with E-state index in [1.165, 1.54) is 5.56 Å². The molecule has 2 rings (SSSR count). The molecule has 0 aliphatic carbocycles. The van der Waals surface area contributed by atoms with Gasteiger partial charge in [0.15, 0.2) is 0 Å². The molecule has 5 nitrogen and oxygen atoms in total. The van der Waals surface area contributed by atoms with Gasteiger partial charge in [-0.3, -0.25) is 14.5 Å². The minimum absolute atomic E-state index is 0.0230. The molecule has 1 aliphatic heterocycles. The fourth-order valence-electron chi connectivity index (χ4n) is 2.80. The van der Waals surface area contributed by atoms with Gasteiger partial charge in [0.25, 0.3) is 0 Å². The summed E-state index contributed by atoms with van der Waals surface area (Å²) < 4.78 is 0. The van der Waals surface area contributed by atoms with Crippen molar-refractivity contribution in [2.75, 3.05) is 26.2 Å². The highest BCUT2D eigenvalue weighted by molar-refractivity contribution is 5.78. The molecule has 0 saturated carbocycles. The Bertz CT molecular complexity index is 482. The Morgan fingerprint density at radius 2 is 1.86 bits per heavy atom. The summed E-state index contributed by atoms with van der Waals surface area (Å²) in [5, 5.41) is 2.96. The Kier molecular flexibility index (Phi) is 6.40. The van der Waals surface area contributed by atoms with Gasteiger partial charge in [-0.1, -0.05) is 30.3 Å². The quantitative estimate of drug-likeness (QED) is 0.736. The number of carbonyl (C=O) groups excluding carboxylic acids is 2. The van der Waals surface area contributed by atoms with E-state index in [0.717, 1.165) is 38.8 Å². The number of primary amides is 1. The highest BCUT2D eigenvalue weighted by Crippen LogP contribution is 2.16. The molecule has 0 spiro atoms. The van der Waals surface area contributed by atoms with Crippen LogP contribution in [-0.4, -0.2) is 42.9 Å².